The number of nitriles is 1. The molecule has 86 valence electrons. The van der Waals surface area contributed by atoms with E-state index < -0.39 is 5.91 Å². The van der Waals surface area contributed by atoms with Crippen LogP contribution >= 0.6 is 0 Å². The summed E-state index contributed by atoms with van der Waals surface area (Å²) in [6.07, 6.45) is 4.73. The van der Waals surface area contributed by atoms with Crippen LogP contribution in [0.4, 0.5) is 0 Å². The third-order valence-electron chi connectivity index (χ3n) is 2.41. The first kappa shape index (κ1) is 12.2. The van der Waals surface area contributed by atoms with Gasteiger partial charge in [-0.1, -0.05) is 0 Å². The Morgan fingerprint density at radius 2 is 2.38 bits per heavy atom. The van der Waals surface area contributed by atoms with Crippen molar-refractivity contribution in [2.75, 3.05) is 0 Å². The van der Waals surface area contributed by atoms with Gasteiger partial charge in [-0.3, -0.25) is 9.48 Å². The van der Waals surface area contributed by atoms with E-state index in [1.807, 2.05) is 13.8 Å². The van der Waals surface area contributed by atoms with Crippen molar-refractivity contribution in [3.8, 4) is 6.07 Å². The van der Waals surface area contributed by atoms with Gasteiger partial charge in [0.1, 0.15) is 0 Å². The van der Waals surface area contributed by atoms with E-state index >= 15 is 0 Å². The first-order valence-electron chi connectivity index (χ1n) is 5.18. The SMILES string of the molecule is CC(C)(C#N)CCCn1cc(C(N)=O)cn1. The monoisotopic (exact) mass is 220 g/mol. The van der Waals surface area contributed by atoms with Gasteiger partial charge in [-0.25, -0.2) is 0 Å². The number of amides is 1. The molecule has 0 atom stereocenters. The van der Waals surface area contributed by atoms with E-state index in [0.717, 1.165) is 12.8 Å². The Kier molecular flexibility index (Phi) is 3.67. The van der Waals surface area contributed by atoms with Crippen molar-refractivity contribution in [2.45, 2.75) is 33.2 Å². The van der Waals surface area contributed by atoms with Gasteiger partial charge in [0, 0.05) is 12.7 Å². The zero-order valence-corrected chi connectivity index (χ0v) is 9.60. The Morgan fingerprint density at radius 1 is 1.69 bits per heavy atom. The average Bonchev–Trinajstić information content (AvgIpc) is 2.66. The third-order valence-corrected chi connectivity index (χ3v) is 2.41. The maximum Gasteiger partial charge on any atom is 0.251 e. The molecule has 1 aromatic heterocycles. The molecule has 0 aliphatic carbocycles. The lowest BCUT2D eigenvalue weighted by Gasteiger charge is -2.14. The van der Waals surface area contributed by atoms with Crippen molar-refractivity contribution < 1.29 is 4.79 Å². The van der Waals surface area contributed by atoms with Crippen molar-refractivity contribution in [3.05, 3.63) is 18.0 Å². The molecule has 0 aliphatic heterocycles. The van der Waals surface area contributed by atoms with Crippen molar-refractivity contribution in [1.29, 1.82) is 5.26 Å². The number of aryl methyl sites for hydroxylation is 1. The topological polar surface area (TPSA) is 84.7 Å². The second-order valence-electron chi connectivity index (χ2n) is 4.46. The summed E-state index contributed by atoms with van der Waals surface area (Å²) in [5, 5.41) is 12.9. The Morgan fingerprint density at radius 3 is 2.88 bits per heavy atom. The smallest absolute Gasteiger partial charge is 0.251 e. The van der Waals surface area contributed by atoms with E-state index in [0.29, 0.717) is 12.1 Å². The summed E-state index contributed by atoms with van der Waals surface area (Å²) in [7, 11) is 0. The molecule has 16 heavy (non-hydrogen) atoms. The standard InChI is InChI=1S/C11H16N4O/c1-11(2,8-12)4-3-5-15-7-9(6-14-15)10(13)16/h6-7H,3-5H2,1-2H3,(H2,13,16). The largest absolute Gasteiger partial charge is 0.366 e. The number of aromatic nitrogens is 2. The molecule has 0 spiro atoms. The van der Waals surface area contributed by atoms with Gasteiger partial charge < -0.3 is 5.73 Å². The molecular weight excluding hydrogens is 204 g/mol. The Hall–Kier alpha value is -1.83. The van der Waals surface area contributed by atoms with Crippen LogP contribution in [-0.4, -0.2) is 15.7 Å². The van der Waals surface area contributed by atoms with Crippen LogP contribution in [0, 0.1) is 16.7 Å². The maximum atomic E-state index is 10.8. The van der Waals surface area contributed by atoms with Crippen LogP contribution in [0.1, 0.15) is 37.0 Å². The van der Waals surface area contributed by atoms with Gasteiger partial charge in [0.15, 0.2) is 0 Å². The number of carbonyl (C=O) groups is 1. The quantitative estimate of drug-likeness (QED) is 0.811. The van der Waals surface area contributed by atoms with Crippen LogP contribution < -0.4 is 5.73 Å². The van der Waals surface area contributed by atoms with Crippen molar-refractivity contribution in [1.82, 2.24) is 9.78 Å². The molecule has 2 N–H and O–H groups in total. The number of primary amides is 1. The maximum absolute atomic E-state index is 10.8. The van der Waals surface area contributed by atoms with Crippen LogP contribution in [0.25, 0.3) is 0 Å². The number of carbonyl (C=O) groups excluding carboxylic acids is 1. The Bertz CT molecular complexity index is 414. The number of nitrogens with zero attached hydrogens (tertiary/aromatic N) is 3. The van der Waals surface area contributed by atoms with Gasteiger partial charge in [0.25, 0.3) is 5.91 Å². The predicted octanol–water partition coefficient (Wildman–Crippen LogP) is 1.31. The number of hydrogen-bond donors (Lipinski definition) is 1. The second kappa shape index (κ2) is 4.79. The fourth-order valence-corrected chi connectivity index (χ4v) is 1.35. The number of rotatable bonds is 5. The van der Waals surface area contributed by atoms with Crippen molar-refractivity contribution >= 4 is 5.91 Å². The zero-order chi connectivity index (χ0) is 12.2. The summed E-state index contributed by atoms with van der Waals surface area (Å²) in [4.78, 5) is 10.8. The number of nitrogens with two attached hydrogens (primary N) is 1. The lowest BCUT2D eigenvalue weighted by molar-refractivity contribution is 0.1000. The van der Waals surface area contributed by atoms with E-state index in [1.165, 1.54) is 6.20 Å². The van der Waals surface area contributed by atoms with Crippen LogP contribution in [0.3, 0.4) is 0 Å². The third kappa shape index (κ3) is 3.39. The molecule has 1 heterocycles. The van der Waals surface area contributed by atoms with Crippen LogP contribution in [-0.2, 0) is 6.54 Å². The van der Waals surface area contributed by atoms with Gasteiger partial charge in [-0.15, -0.1) is 0 Å². The lowest BCUT2D eigenvalue weighted by atomic mass is 9.90. The summed E-state index contributed by atoms with van der Waals surface area (Å²) in [5.41, 5.74) is 5.22. The zero-order valence-electron chi connectivity index (χ0n) is 9.60. The number of hydrogen-bond acceptors (Lipinski definition) is 3. The summed E-state index contributed by atoms with van der Waals surface area (Å²) in [6.45, 7) is 4.51. The molecule has 1 amide bonds. The van der Waals surface area contributed by atoms with Crippen LogP contribution in [0.15, 0.2) is 12.4 Å². The van der Waals surface area contributed by atoms with E-state index in [4.69, 9.17) is 11.0 Å². The van der Waals surface area contributed by atoms with E-state index in [9.17, 15) is 4.79 Å². The average molecular weight is 220 g/mol. The first-order valence-corrected chi connectivity index (χ1v) is 5.18. The molecule has 0 aromatic carbocycles. The van der Waals surface area contributed by atoms with Crippen molar-refractivity contribution in [2.24, 2.45) is 11.1 Å². The second-order valence-corrected chi connectivity index (χ2v) is 4.46. The molecule has 0 radical (unpaired) electrons. The molecule has 0 aliphatic rings. The minimum absolute atomic E-state index is 0.306. The highest BCUT2D eigenvalue weighted by Gasteiger charge is 2.15. The molecule has 0 saturated carbocycles. The summed E-state index contributed by atoms with van der Waals surface area (Å²) in [5.74, 6) is -0.469. The van der Waals surface area contributed by atoms with E-state index in [2.05, 4.69) is 11.2 Å². The van der Waals surface area contributed by atoms with Gasteiger partial charge in [-0.05, 0) is 26.7 Å². The molecule has 5 heteroatoms. The summed E-state index contributed by atoms with van der Waals surface area (Å²) < 4.78 is 1.67. The molecule has 1 rings (SSSR count). The predicted molar refractivity (Wildman–Crippen MR) is 59.4 cm³/mol. The van der Waals surface area contributed by atoms with Crippen LogP contribution in [0.2, 0.25) is 0 Å². The normalized spacial score (nSPS) is 11.1. The van der Waals surface area contributed by atoms with Crippen LogP contribution in [0.5, 0.6) is 0 Å². The lowest BCUT2D eigenvalue weighted by Crippen LogP contribution is -2.11. The summed E-state index contributed by atoms with van der Waals surface area (Å²) >= 11 is 0. The molecule has 0 bridgehead atoms. The highest BCUT2D eigenvalue weighted by Crippen LogP contribution is 2.20. The van der Waals surface area contributed by atoms with E-state index in [1.54, 1.807) is 10.9 Å². The van der Waals surface area contributed by atoms with Gasteiger partial charge in [0.2, 0.25) is 0 Å². The Labute approximate surface area is 94.9 Å². The fraction of sp³-hybridized carbons (Fsp3) is 0.545. The molecular formula is C11H16N4O. The van der Waals surface area contributed by atoms with Gasteiger partial charge in [0.05, 0.1) is 23.2 Å². The highest BCUT2D eigenvalue weighted by molar-refractivity contribution is 5.92. The first-order chi connectivity index (χ1) is 7.44. The molecule has 0 unspecified atom stereocenters. The molecule has 0 saturated heterocycles. The van der Waals surface area contributed by atoms with Gasteiger partial charge in [-0.2, -0.15) is 10.4 Å². The molecule has 0 fully saturated rings. The Balaban J connectivity index is 2.44. The highest BCUT2D eigenvalue weighted by atomic mass is 16.1. The molecule has 5 nitrogen and oxygen atoms in total. The van der Waals surface area contributed by atoms with E-state index in [-0.39, 0.29) is 5.41 Å². The molecule has 1 aromatic rings. The fourth-order valence-electron chi connectivity index (χ4n) is 1.35. The summed E-state index contributed by atoms with van der Waals surface area (Å²) in [6, 6.07) is 2.25. The van der Waals surface area contributed by atoms with Crippen molar-refractivity contribution in [3.63, 3.8) is 0 Å². The van der Waals surface area contributed by atoms with Gasteiger partial charge >= 0.3 is 0 Å². The minimum Gasteiger partial charge on any atom is -0.366 e. The minimum atomic E-state index is -0.469.